The highest BCUT2D eigenvalue weighted by molar-refractivity contribution is 7.89. The Kier molecular flexibility index (Phi) is 6.02. The predicted molar refractivity (Wildman–Crippen MR) is 106 cm³/mol. The standard InChI is InChI=1S/C19H18ClN3O5S/c1-12-4-6-13(7-5-12)18-21-17(28-22-18)11-27-19(24)14-8-9-15(20)16(10-14)29(25,26)23(2)3/h4-10H,11H2,1-3H3. The van der Waals surface area contributed by atoms with Crippen molar-refractivity contribution in [1.82, 2.24) is 14.4 Å². The predicted octanol–water partition coefficient (Wildman–Crippen LogP) is 3.31. The average molecular weight is 436 g/mol. The zero-order valence-corrected chi connectivity index (χ0v) is 17.5. The van der Waals surface area contributed by atoms with E-state index >= 15 is 0 Å². The van der Waals surface area contributed by atoms with Gasteiger partial charge < -0.3 is 9.26 Å². The number of halogens is 1. The maximum Gasteiger partial charge on any atom is 0.338 e. The van der Waals surface area contributed by atoms with Crippen LogP contribution in [0.15, 0.2) is 51.9 Å². The minimum absolute atomic E-state index is 0.00916. The fourth-order valence-electron chi connectivity index (χ4n) is 2.37. The summed E-state index contributed by atoms with van der Waals surface area (Å²) in [7, 11) is -1.06. The second-order valence-corrected chi connectivity index (χ2v) is 8.91. The number of benzene rings is 2. The van der Waals surface area contributed by atoms with Gasteiger partial charge in [-0.15, -0.1) is 0 Å². The molecule has 1 heterocycles. The molecule has 0 unspecified atom stereocenters. The summed E-state index contributed by atoms with van der Waals surface area (Å²) in [5.41, 5.74) is 1.91. The maximum absolute atomic E-state index is 12.3. The van der Waals surface area contributed by atoms with Crippen LogP contribution in [0.4, 0.5) is 0 Å². The molecule has 0 spiro atoms. The number of sulfonamides is 1. The Labute approximate surface area is 173 Å². The molecule has 0 atom stereocenters. The first-order valence-electron chi connectivity index (χ1n) is 8.47. The van der Waals surface area contributed by atoms with Crippen LogP contribution in [-0.4, -0.2) is 42.9 Å². The van der Waals surface area contributed by atoms with Crippen molar-refractivity contribution in [2.75, 3.05) is 14.1 Å². The topological polar surface area (TPSA) is 103 Å². The van der Waals surface area contributed by atoms with Crippen LogP contribution in [0.3, 0.4) is 0 Å². The van der Waals surface area contributed by atoms with Gasteiger partial charge in [-0.05, 0) is 25.1 Å². The van der Waals surface area contributed by atoms with Gasteiger partial charge in [-0.3, -0.25) is 0 Å². The number of nitrogens with zero attached hydrogens (tertiary/aromatic N) is 3. The summed E-state index contributed by atoms with van der Waals surface area (Å²) in [6, 6.07) is 11.4. The van der Waals surface area contributed by atoms with Crippen LogP contribution in [0.5, 0.6) is 0 Å². The fourth-order valence-corrected chi connectivity index (χ4v) is 3.76. The van der Waals surface area contributed by atoms with Gasteiger partial charge in [0.25, 0.3) is 5.89 Å². The average Bonchev–Trinajstić information content (AvgIpc) is 3.15. The minimum Gasteiger partial charge on any atom is -0.452 e. The van der Waals surface area contributed by atoms with Crippen molar-refractivity contribution < 1.29 is 22.5 Å². The van der Waals surface area contributed by atoms with E-state index in [9.17, 15) is 13.2 Å². The Morgan fingerprint density at radius 2 is 1.86 bits per heavy atom. The van der Waals surface area contributed by atoms with E-state index in [4.69, 9.17) is 20.9 Å². The molecule has 0 aliphatic carbocycles. The second kappa shape index (κ2) is 8.32. The molecule has 3 rings (SSSR count). The van der Waals surface area contributed by atoms with E-state index in [1.807, 2.05) is 31.2 Å². The van der Waals surface area contributed by atoms with Crippen molar-refractivity contribution >= 4 is 27.6 Å². The van der Waals surface area contributed by atoms with Gasteiger partial charge >= 0.3 is 5.97 Å². The van der Waals surface area contributed by atoms with Crippen LogP contribution in [0.1, 0.15) is 21.8 Å². The van der Waals surface area contributed by atoms with Gasteiger partial charge in [0.15, 0.2) is 6.61 Å². The number of esters is 1. The Morgan fingerprint density at radius 3 is 2.52 bits per heavy atom. The number of hydrogen-bond acceptors (Lipinski definition) is 7. The van der Waals surface area contributed by atoms with Gasteiger partial charge in [0.1, 0.15) is 4.90 Å². The molecule has 3 aromatic rings. The first kappa shape index (κ1) is 21.0. The molecule has 0 amide bonds. The van der Waals surface area contributed by atoms with Crippen molar-refractivity contribution in [2.24, 2.45) is 0 Å². The van der Waals surface area contributed by atoms with Gasteiger partial charge in [0, 0.05) is 19.7 Å². The Hall–Kier alpha value is -2.75. The summed E-state index contributed by atoms with van der Waals surface area (Å²) in [6.45, 7) is 1.72. The molecule has 0 bridgehead atoms. The van der Waals surface area contributed by atoms with E-state index in [1.54, 1.807) is 0 Å². The van der Waals surface area contributed by atoms with Crippen LogP contribution < -0.4 is 0 Å². The van der Waals surface area contributed by atoms with Gasteiger partial charge in [0.2, 0.25) is 15.8 Å². The van der Waals surface area contributed by atoms with Crippen LogP contribution >= 0.6 is 11.6 Å². The molecular formula is C19H18ClN3O5S. The number of ether oxygens (including phenoxy) is 1. The summed E-state index contributed by atoms with van der Waals surface area (Å²) >= 11 is 5.98. The number of carbonyl (C=O) groups is 1. The molecule has 0 fully saturated rings. The molecule has 0 aliphatic heterocycles. The summed E-state index contributed by atoms with van der Waals surface area (Å²) in [6.07, 6.45) is 0. The highest BCUT2D eigenvalue weighted by Gasteiger charge is 2.23. The molecule has 0 saturated carbocycles. The zero-order chi connectivity index (χ0) is 21.2. The lowest BCUT2D eigenvalue weighted by Crippen LogP contribution is -2.23. The summed E-state index contributed by atoms with van der Waals surface area (Å²) in [5, 5.41) is 3.87. The summed E-state index contributed by atoms with van der Waals surface area (Å²) in [4.78, 5) is 16.3. The molecule has 0 aliphatic rings. The Balaban J connectivity index is 1.73. The Bertz CT molecular complexity index is 1140. The fraction of sp³-hybridized carbons (Fsp3) is 0.211. The normalized spacial score (nSPS) is 11.6. The first-order chi connectivity index (χ1) is 13.7. The molecule has 0 N–H and O–H groups in total. The van der Waals surface area contributed by atoms with E-state index in [2.05, 4.69) is 10.1 Å². The number of rotatable bonds is 6. The number of aromatic nitrogens is 2. The summed E-state index contributed by atoms with van der Waals surface area (Å²) in [5.74, 6) is -0.252. The van der Waals surface area contributed by atoms with Crippen molar-refractivity contribution in [3.63, 3.8) is 0 Å². The number of hydrogen-bond donors (Lipinski definition) is 0. The lowest BCUT2D eigenvalue weighted by molar-refractivity contribution is 0.0429. The zero-order valence-electron chi connectivity index (χ0n) is 15.9. The molecule has 0 radical (unpaired) electrons. The molecule has 152 valence electrons. The van der Waals surface area contributed by atoms with Gasteiger partial charge in [0.05, 0.1) is 10.6 Å². The monoisotopic (exact) mass is 435 g/mol. The lowest BCUT2D eigenvalue weighted by atomic mass is 10.1. The highest BCUT2D eigenvalue weighted by atomic mass is 35.5. The SMILES string of the molecule is Cc1ccc(-c2noc(COC(=O)c3ccc(Cl)c(S(=O)(=O)N(C)C)c3)n2)cc1. The molecule has 10 heteroatoms. The van der Waals surface area contributed by atoms with E-state index in [0.717, 1.165) is 15.4 Å². The smallest absolute Gasteiger partial charge is 0.338 e. The first-order valence-corrected chi connectivity index (χ1v) is 10.3. The second-order valence-electron chi connectivity index (χ2n) is 6.39. The van der Waals surface area contributed by atoms with Gasteiger partial charge in [-0.1, -0.05) is 46.6 Å². The maximum atomic E-state index is 12.3. The quantitative estimate of drug-likeness (QED) is 0.547. The molecule has 1 aromatic heterocycles. The molecular weight excluding hydrogens is 418 g/mol. The number of aryl methyl sites for hydroxylation is 1. The lowest BCUT2D eigenvalue weighted by Gasteiger charge is -2.13. The van der Waals surface area contributed by atoms with Crippen molar-refractivity contribution in [2.45, 2.75) is 18.4 Å². The van der Waals surface area contributed by atoms with Crippen LogP contribution in [-0.2, 0) is 21.4 Å². The third kappa shape index (κ3) is 4.64. The molecule has 8 nitrogen and oxygen atoms in total. The van der Waals surface area contributed by atoms with Crippen molar-refractivity contribution in [1.29, 1.82) is 0 Å². The van der Waals surface area contributed by atoms with Crippen LogP contribution in [0.25, 0.3) is 11.4 Å². The third-order valence-corrected chi connectivity index (χ3v) is 6.33. The van der Waals surface area contributed by atoms with Crippen LogP contribution in [0, 0.1) is 6.92 Å². The van der Waals surface area contributed by atoms with E-state index in [-0.39, 0.29) is 28.0 Å². The van der Waals surface area contributed by atoms with Crippen molar-refractivity contribution in [3.05, 3.63) is 64.5 Å². The molecule has 29 heavy (non-hydrogen) atoms. The van der Waals surface area contributed by atoms with E-state index < -0.39 is 16.0 Å². The largest absolute Gasteiger partial charge is 0.452 e. The van der Waals surface area contributed by atoms with Crippen LogP contribution in [0.2, 0.25) is 5.02 Å². The molecule has 0 saturated heterocycles. The van der Waals surface area contributed by atoms with Crippen molar-refractivity contribution in [3.8, 4) is 11.4 Å². The highest BCUT2D eigenvalue weighted by Crippen LogP contribution is 2.25. The third-order valence-electron chi connectivity index (χ3n) is 4.03. The van der Waals surface area contributed by atoms with E-state index in [1.165, 1.54) is 32.3 Å². The van der Waals surface area contributed by atoms with Gasteiger partial charge in [-0.25, -0.2) is 17.5 Å². The summed E-state index contributed by atoms with van der Waals surface area (Å²) < 4.78 is 35.9. The Morgan fingerprint density at radius 1 is 1.17 bits per heavy atom. The van der Waals surface area contributed by atoms with E-state index in [0.29, 0.717) is 5.82 Å². The minimum atomic E-state index is -3.81. The number of carbonyl (C=O) groups excluding carboxylic acids is 1. The van der Waals surface area contributed by atoms with Gasteiger partial charge in [-0.2, -0.15) is 4.98 Å². The molecule has 2 aromatic carbocycles.